The molecule has 8 nitrogen and oxygen atoms in total. The molecule has 1 aromatic carbocycles. The standard InChI is InChI=1S/C15H20N4O4S3/c1-10(2)24-15-18-17-14(25-15)16-13(20)9-19(26(4,21)22)11-7-5-6-8-12(11)23-3/h5-8,10H,9H2,1-4H3,(H,16,17,20). The molecule has 0 unspecified atom stereocenters. The maximum atomic E-state index is 12.3. The molecule has 0 radical (unpaired) electrons. The fraction of sp³-hybridized carbons (Fsp3) is 0.400. The molecule has 0 aliphatic carbocycles. The van der Waals surface area contributed by atoms with Crippen molar-refractivity contribution >= 4 is 49.8 Å². The van der Waals surface area contributed by atoms with Crippen LogP contribution in [0.25, 0.3) is 0 Å². The van der Waals surface area contributed by atoms with Gasteiger partial charge in [0.15, 0.2) is 4.34 Å². The van der Waals surface area contributed by atoms with Crippen molar-refractivity contribution in [3.8, 4) is 5.75 Å². The summed E-state index contributed by atoms with van der Waals surface area (Å²) in [6.07, 6.45) is 1.04. The van der Waals surface area contributed by atoms with E-state index in [0.29, 0.717) is 21.8 Å². The third-order valence-corrected chi connectivity index (χ3v) is 6.08. The Morgan fingerprint density at radius 3 is 2.65 bits per heavy atom. The van der Waals surface area contributed by atoms with Gasteiger partial charge < -0.3 is 4.74 Å². The summed E-state index contributed by atoms with van der Waals surface area (Å²) < 4.78 is 31.3. The first-order valence-corrected chi connectivity index (χ1v) is 11.2. The highest BCUT2D eigenvalue weighted by molar-refractivity contribution is 8.01. The van der Waals surface area contributed by atoms with Crippen LogP contribution in [0.4, 0.5) is 10.8 Å². The van der Waals surface area contributed by atoms with Gasteiger partial charge >= 0.3 is 0 Å². The number of sulfonamides is 1. The van der Waals surface area contributed by atoms with Gasteiger partial charge in [-0.25, -0.2) is 8.42 Å². The van der Waals surface area contributed by atoms with E-state index in [2.05, 4.69) is 15.5 Å². The lowest BCUT2D eigenvalue weighted by Gasteiger charge is -2.23. The van der Waals surface area contributed by atoms with Crippen LogP contribution in [0.3, 0.4) is 0 Å². The molecule has 1 heterocycles. The molecule has 0 fully saturated rings. The number of hydrogen-bond acceptors (Lipinski definition) is 8. The molecule has 0 aliphatic rings. The Balaban J connectivity index is 2.16. The van der Waals surface area contributed by atoms with Crippen molar-refractivity contribution < 1.29 is 17.9 Å². The summed E-state index contributed by atoms with van der Waals surface area (Å²) in [4.78, 5) is 12.3. The first-order valence-electron chi connectivity index (χ1n) is 7.61. The average Bonchev–Trinajstić information content (AvgIpc) is 2.97. The van der Waals surface area contributed by atoms with Gasteiger partial charge in [-0.15, -0.1) is 10.2 Å². The third kappa shape index (κ3) is 5.58. The Labute approximate surface area is 161 Å². The Morgan fingerprint density at radius 2 is 2.04 bits per heavy atom. The van der Waals surface area contributed by atoms with Crippen LogP contribution >= 0.6 is 23.1 Å². The number of nitrogens with one attached hydrogen (secondary N) is 1. The second-order valence-electron chi connectivity index (χ2n) is 5.53. The smallest absolute Gasteiger partial charge is 0.246 e. The van der Waals surface area contributed by atoms with Crippen molar-refractivity contribution in [1.82, 2.24) is 10.2 Å². The molecule has 2 rings (SSSR count). The molecule has 0 aliphatic heterocycles. The third-order valence-electron chi connectivity index (χ3n) is 3.03. The Kier molecular flexibility index (Phi) is 6.84. The molecule has 142 valence electrons. The van der Waals surface area contributed by atoms with E-state index in [4.69, 9.17) is 4.74 Å². The van der Waals surface area contributed by atoms with E-state index in [1.54, 1.807) is 24.3 Å². The Morgan fingerprint density at radius 1 is 1.35 bits per heavy atom. The molecule has 2 aromatic rings. The van der Waals surface area contributed by atoms with Crippen LogP contribution in [0, 0.1) is 0 Å². The van der Waals surface area contributed by atoms with Crippen LogP contribution in [-0.2, 0) is 14.8 Å². The summed E-state index contributed by atoms with van der Waals surface area (Å²) in [7, 11) is -2.25. The SMILES string of the molecule is COc1ccccc1N(CC(=O)Nc1nnc(SC(C)C)s1)S(C)(=O)=O. The Hall–Kier alpha value is -1.85. The van der Waals surface area contributed by atoms with Crippen molar-refractivity contribution in [1.29, 1.82) is 0 Å². The first kappa shape index (κ1) is 20.5. The highest BCUT2D eigenvalue weighted by atomic mass is 32.2. The van der Waals surface area contributed by atoms with Crippen LogP contribution in [0.15, 0.2) is 28.6 Å². The molecule has 26 heavy (non-hydrogen) atoms. The normalized spacial score (nSPS) is 11.4. The van der Waals surface area contributed by atoms with Gasteiger partial charge in [0, 0.05) is 5.25 Å². The minimum atomic E-state index is -3.69. The van der Waals surface area contributed by atoms with E-state index in [1.165, 1.54) is 30.2 Å². The van der Waals surface area contributed by atoms with E-state index in [0.717, 1.165) is 14.9 Å². The summed E-state index contributed by atoms with van der Waals surface area (Å²) in [5.74, 6) is -0.157. The second kappa shape index (κ2) is 8.69. The molecule has 0 saturated carbocycles. The Bertz CT molecular complexity index is 867. The van der Waals surface area contributed by atoms with Crippen molar-refractivity contribution in [2.45, 2.75) is 23.4 Å². The van der Waals surface area contributed by atoms with Gasteiger partial charge in [0.2, 0.25) is 21.1 Å². The summed E-state index contributed by atoms with van der Waals surface area (Å²) >= 11 is 2.78. The molecule has 1 amide bonds. The number of anilines is 2. The highest BCUT2D eigenvalue weighted by Gasteiger charge is 2.24. The lowest BCUT2D eigenvalue weighted by molar-refractivity contribution is -0.114. The first-order chi connectivity index (χ1) is 12.2. The predicted molar refractivity (Wildman–Crippen MR) is 105 cm³/mol. The lowest BCUT2D eigenvalue weighted by atomic mass is 10.3. The average molecular weight is 417 g/mol. The maximum Gasteiger partial charge on any atom is 0.246 e. The molecule has 1 N–H and O–H groups in total. The summed E-state index contributed by atoms with van der Waals surface area (Å²) in [6, 6.07) is 6.60. The van der Waals surface area contributed by atoms with Crippen molar-refractivity contribution in [3.63, 3.8) is 0 Å². The second-order valence-corrected chi connectivity index (χ2v) is 10.2. The van der Waals surface area contributed by atoms with Crippen LogP contribution in [0.5, 0.6) is 5.75 Å². The predicted octanol–water partition coefficient (Wildman–Crippen LogP) is 2.45. The number of methoxy groups -OCH3 is 1. The van der Waals surface area contributed by atoms with Gasteiger partial charge in [0.05, 0.1) is 19.1 Å². The van der Waals surface area contributed by atoms with Crippen LogP contribution in [-0.4, -0.2) is 49.7 Å². The van der Waals surface area contributed by atoms with Gasteiger partial charge in [-0.3, -0.25) is 14.4 Å². The zero-order valence-electron chi connectivity index (χ0n) is 14.8. The minimum Gasteiger partial charge on any atom is -0.495 e. The van der Waals surface area contributed by atoms with Crippen molar-refractivity contribution in [3.05, 3.63) is 24.3 Å². The van der Waals surface area contributed by atoms with E-state index in [9.17, 15) is 13.2 Å². The largest absolute Gasteiger partial charge is 0.495 e. The fourth-order valence-corrected chi connectivity index (χ4v) is 4.87. The molecule has 11 heteroatoms. The molecule has 0 spiro atoms. The van der Waals surface area contributed by atoms with Crippen LogP contribution in [0.1, 0.15) is 13.8 Å². The molecule has 0 atom stereocenters. The van der Waals surface area contributed by atoms with Gasteiger partial charge in [-0.05, 0) is 12.1 Å². The number of nitrogens with zero attached hydrogens (tertiary/aromatic N) is 3. The quantitative estimate of drug-likeness (QED) is 0.521. The van der Waals surface area contributed by atoms with Gasteiger partial charge in [0.1, 0.15) is 12.3 Å². The van der Waals surface area contributed by atoms with E-state index >= 15 is 0 Å². The molecular formula is C15H20N4O4S3. The number of rotatable bonds is 8. The molecule has 0 saturated heterocycles. The zero-order chi connectivity index (χ0) is 19.3. The van der Waals surface area contributed by atoms with Crippen molar-refractivity contribution in [2.24, 2.45) is 0 Å². The molecular weight excluding hydrogens is 396 g/mol. The zero-order valence-corrected chi connectivity index (χ0v) is 17.2. The number of thioether (sulfide) groups is 1. The van der Waals surface area contributed by atoms with Gasteiger partial charge in [-0.1, -0.05) is 49.1 Å². The van der Waals surface area contributed by atoms with Crippen LogP contribution in [0.2, 0.25) is 0 Å². The number of para-hydroxylation sites is 2. The number of benzene rings is 1. The molecule has 0 bridgehead atoms. The van der Waals surface area contributed by atoms with Crippen LogP contribution < -0.4 is 14.4 Å². The van der Waals surface area contributed by atoms with E-state index in [-0.39, 0.29) is 0 Å². The summed E-state index contributed by atoms with van der Waals surface area (Å²) in [6.45, 7) is 3.66. The number of ether oxygens (including phenoxy) is 1. The number of amides is 1. The topological polar surface area (TPSA) is 101 Å². The van der Waals surface area contributed by atoms with Gasteiger partial charge in [0.25, 0.3) is 0 Å². The van der Waals surface area contributed by atoms with Crippen molar-refractivity contribution in [2.75, 3.05) is 29.5 Å². The monoisotopic (exact) mass is 416 g/mol. The highest BCUT2D eigenvalue weighted by Crippen LogP contribution is 2.30. The summed E-state index contributed by atoms with van der Waals surface area (Å²) in [5, 5.41) is 11.2. The minimum absolute atomic E-state index is 0.293. The van der Waals surface area contributed by atoms with E-state index < -0.39 is 22.5 Å². The number of carbonyl (C=O) groups excluding carboxylic acids is 1. The summed E-state index contributed by atoms with van der Waals surface area (Å²) in [5.41, 5.74) is 0.293. The number of aromatic nitrogens is 2. The van der Waals surface area contributed by atoms with Gasteiger partial charge in [-0.2, -0.15) is 0 Å². The number of carbonyl (C=O) groups is 1. The van der Waals surface area contributed by atoms with E-state index in [1.807, 2.05) is 13.8 Å². The molecule has 1 aromatic heterocycles. The lowest BCUT2D eigenvalue weighted by Crippen LogP contribution is -2.37. The maximum absolute atomic E-state index is 12.3. The fourth-order valence-electron chi connectivity index (χ4n) is 2.02. The number of hydrogen-bond donors (Lipinski definition) is 1.